The number of ether oxygens (including phenoxy) is 1. The number of pyridine rings is 2. The molecule has 3 heterocycles. The van der Waals surface area contributed by atoms with E-state index < -0.39 is 0 Å². The zero-order valence-electron chi connectivity index (χ0n) is 11.0. The Morgan fingerprint density at radius 2 is 2.05 bits per heavy atom. The molecule has 1 saturated heterocycles. The summed E-state index contributed by atoms with van der Waals surface area (Å²) in [6.45, 7) is 1.29. The Morgan fingerprint density at radius 1 is 1.20 bits per heavy atom. The van der Waals surface area contributed by atoms with Crippen molar-refractivity contribution < 1.29 is 9.53 Å². The van der Waals surface area contributed by atoms with Crippen LogP contribution in [0.2, 0.25) is 0 Å². The van der Waals surface area contributed by atoms with Crippen molar-refractivity contribution >= 4 is 5.91 Å². The van der Waals surface area contributed by atoms with Gasteiger partial charge in [0, 0.05) is 31.6 Å². The van der Waals surface area contributed by atoms with Gasteiger partial charge >= 0.3 is 0 Å². The molecular formula is C15H15N3O2. The van der Waals surface area contributed by atoms with Crippen molar-refractivity contribution in [3.8, 4) is 5.75 Å². The Kier molecular flexibility index (Phi) is 3.58. The van der Waals surface area contributed by atoms with Gasteiger partial charge in [-0.05, 0) is 24.3 Å². The van der Waals surface area contributed by atoms with Gasteiger partial charge in [-0.3, -0.25) is 14.8 Å². The maximum absolute atomic E-state index is 12.2. The summed E-state index contributed by atoms with van der Waals surface area (Å²) in [7, 11) is 0. The van der Waals surface area contributed by atoms with Crippen LogP contribution in [0.4, 0.5) is 0 Å². The second kappa shape index (κ2) is 5.69. The van der Waals surface area contributed by atoms with Crippen LogP contribution in [0.5, 0.6) is 5.75 Å². The summed E-state index contributed by atoms with van der Waals surface area (Å²) in [6.07, 6.45) is 5.89. The van der Waals surface area contributed by atoms with Gasteiger partial charge in [-0.25, -0.2) is 0 Å². The van der Waals surface area contributed by atoms with E-state index in [0.717, 1.165) is 12.2 Å². The number of carbonyl (C=O) groups is 1. The molecule has 1 fully saturated rings. The van der Waals surface area contributed by atoms with Crippen molar-refractivity contribution in [3.63, 3.8) is 0 Å². The van der Waals surface area contributed by atoms with Crippen LogP contribution in [0.15, 0.2) is 48.9 Å². The lowest BCUT2D eigenvalue weighted by Gasteiger charge is -2.16. The normalized spacial score (nSPS) is 18.0. The first-order chi connectivity index (χ1) is 9.83. The first-order valence-electron chi connectivity index (χ1n) is 6.60. The van der Waals surface area contributed by atoms with Gasteiger partial charge in [0.2, 0.25) is 0 Å². The van der Waals surface area contributed by atoms with Gasteiger partial charge < -0.3 is 9.64 Å². The minimum Gasteiger partial charge on any atom is -0.488 e. The fourth-order valence-corrected chi connectivity index (χ4v) is 2.27. The average molecular weight is 269 g/mol. The van der Waals surface area contributed by atoms with E-state index in [-0.39, 0.29) is 12.0 Å². The maximum Gasteiger partial charge on any atom is 0.272 e. The summed E-state index contributed by atoms with van der Waals surface area (Å²) in [5.41, 5.74) is 0.483. The molecule has 3 rings (SSSR count). The summed E-state index contributed by atoms with van der Waals surface area (Å²) in [5, 5.41) is 0. The molecular weight excluding hydrogens is 254 g/mol. The summed E-state index contributed by atoms with van der Waals surface area (Å²) in [4.78, 5) is 22.1. The summed E-state index contributed by atoms with van der Waals surface area (Å²) in [5.74, 6) is 0.753. The maximum atomic E-state index is 12.2. The molecule has 0 unspecified atom stereocenters. The molecule has 0 aliphatic carbocycles. The van der Waals surface area contributed by atoms with Crippen LogP contribution in [0.25, 0.3) is 0 Å². The van der Waals surface area contributed by atoms with Gasteiger partial charge in [0.1, 0.15) is 17.5 Å². The second-order valence-corrected chi connectivity index (χ2v) is 4.68. The van der Waals surface area contributed by atoms with Crippen LogP contribution < -0.4 is 4.74 Å². The molecule has 0 radical (unpaired) electrons. The van der Waals surface area contributed by atoms with E-state index in [0.29, 0.717) is 18.8 Å². The minimum atomic E-state index is -0.0357. The molecule has 20 heavy (non-hydrogen) atoms. The van der Waals surface area contributed by atoms with Gasteiger partial charge in [-0.15, -0.1) is 0 Å². The summed E-state index contributed by atoms with van der Waals surface area (Å²) >= 11 is 0. The van der Waals surface area contributed by atoms with E-state index in [2.05, 4.69) is 9.97 Å². The minimum absolute atomic E-state index is 0.0325. The van der Waals surface area contributed by atoms with Crippen molar-refractivity contribution in [2.75, 3.05) is 13.1 Å². The molecule has 1 amide bonds. The molecule has 2 aromatic heterocycles. The van der Waals surface area contributed by atoms with Crippen LogP contribution >= 0.6 is 0 Å². The van der Waals surface area contributed by atoms with E-state index in [1.165, 1.54) is 0 Å². The van der Waals surface area contributed by atoms with Crippen molar-refractivity contribution in [1.82, 2.24) is 14.9 Å². The van der Waals surface area contributed by atoms with E-state index in [1.807, 2.05) is 18.2 Å². The Hall–Kier alpha value is -2.43. The molecule has 0 spiro atoms. The molecule has 1 aliphatic rings. The fourth-order valence-electron chi connectivity index (χ4n) is 2.27. The highest BCUT2D eigenvalue weighted by molar-refractivity contribution is 5.92. The van der Waals surface area contributed by atoms with Crippen molar-refractivity contribution in [2.24, 2.45) is 0 Å². The molecule has 0 saturated carbocycles. The Bertz CT molecular complexity index is 574. The summed E-state index contributed by atoms with van der Waals surface area (Å²) < 4.78 is 5.84. The topological polar surface area (TPSA) is 55.3 Å². The molecule has 1 aliphatic heterocycles. The van der Waals surface area contributed by atoms with Crippen LogP contribution in [0.3, 0.4) is 0 Å². The third kappa shape index (κ3) is 2.77. The lowest BCUT2D eigenvalue weighted by molar-refractivity contribution is 0.0766. The largest absolute Gasteiger partial charge is 0.488 e. The lowest BCUT2D eigenvalue weighted by atomic mass is 10.3. The monoisotopic (exact) mass is 269 g/mol. The summed E-state index contributed by atoms with van der Waals surface area (Å²) in [6, 6.07) is 9.00. The number of rotatable bonds is 3. The molecule has 5 heteroatoms. The quantitative estimate of drug-likeness (QED) is 0.852. The number of nitrogens with zero attached hydrogens (tertiary/aromatic N) is 3. The molecule has 0 bridgehead atoms. The molecule has 5 nitrogen and oxygen atoms in total. The van der Waals surface area contributed by atoms with Gasteiger partial charge in [0.05, 0.1) is 6.54 Å². The highest BCUT2D eigenvalue weighted by Crippen LogP contribution is 2.18. The molecule has 2 aromatic rings. The van der Waals surface area contributed by atoms with Crippen LogP contribution in [0, 0.1) is 0 Å². The second-order valence-electron chi connectivity index (χ2n) is 4.68. The number of amides is 1. The number of likely N-dealkylation sites (tertiary alicyclic amines) is 1. The molecule has 0 aromatic carbocycles. The van der Waals surface area contributed by atoms with E-state index in [9.17, 15) is 4.79 Å². The van der Waals surface area contributed by atoms with Gasteiger partial charge in [0.15, 0.2) is 0 Å². The molecule has 1 atom stereocenters. The van der Waals surface area contributed by atoms with Crippen LogP contribution in [-0.4, -0.2) is 40.0 Å². The third-order valence-electron chi connectivity index (χ3n) is 3.27. The standard InChI is InChI=1S/C15H15N3O2/c19-15(14-3-1-2-7-17-14)18-10-6-13(11-18)20-12-4-8-16-9-5-12/h1-5,7-9,13H,6,10-11H2/t13-/m0/s1. The van der Waals surface area contributed by atoms with Gasteiger partial charge in [-0.2, -0.15) is 0 Å². The van der Waals surface area contributed by atoms with Crippen LogP contribution in [-0.2, 0) is 0 Å². The van der Waals surface area contributed by atoms with E-state index >= 15 is 0 Å². The Labute approximate surface area is 117 Å². The van der Waals surface area contributed by atoms with Crippen molar-refractivity contribution in [2.45, 2.75) is 12.5 Å². The van der Waals surface area contributed by atoms with Crippen LogP contribution in [0.1, 0.15) is 16.9 Å². The lowest BCUT2D eigenvalue weighted by Crippen LogP contribution is -2.31. The molecule has 102 valence electrons. The zero-order valence-corrected chi connectivity index (χ0v) is 11.0. The average Bonchev–Trinajstić information content (AvgIpc) is 2.97. The number of aromatic nitrogens is 2. The predicted octanol–water partition coefficient (Wildman–Crippen LogP) is 1.77. The highest BCUT2D eigenvalue weighted by Gasteiger charge is 2.28. The van der Waals surface area contributed by atoms with E-state index in [1.54, 1.807) is 35.6 Å². The number of hydrogen-bond acceptors (Lipinski definition) is 4. The Morgan fingerprint density at radius 3 is 2.80 bits per heavy atom. The van der Waals surface area contributed by atoms with Gasteiger partial charge in [0.25, 0.3) is 5.91 Å². The highest BCUT2D eigenvalue weighted by atomic mass is 16.5. The van der Waals surface area contributed by atoms with Crippen molar-refractivity contribution in [3.05, 3.63) is 54.6 Å². The first-order valence-corrected chi connectivity index (χ1v) is 6.60. The number of carbonyl (C=O) groups excluding carboxylic acids is 1. The third-order valence-corrected chi connectivity index (χ3v) is 3.27. The zero-order chi connectivity index (χ0) is 13.8. The number of hydrogen-bond donors (Lipinski definition) is 0. The van der Waals surface area contributed by atoms with Crippen molar-refractivity contribution in [1.29, 1.82) is 0 Å². The fraction of sp³-hybridized carbons (Fsp3) is 0.267. The first kappa shape index (κ1) is 12.6. The Balaban J connectivity index is 1.61. The predicted molar refractivity (Wildman–Crippen MR) is 73.4 cm³/mol. The van der Waals surface area contributed by atoms with E-state index in [4.69, 9.17) is 4.74 Å². The smallest absolute Gasteiger partial charge is 0.272 e. The van der Waals surface area contributed by atoms with Gasteiger partial charge in [-0.1, -0.05) is 6.07 Å². The SMILES string of the molecule is O=C(c1ccccn1)N1CC[C@H](Oc2ccncc2)C1. The molecule has 0 N–H and O–H groups in total.